The molecular weight excluding hydrogens is 274 g/mol. The number of amides is 1. The van der Waals surface area contributed by atoms with Gasteiger partial charge >= 0.3 is 0 Å². The van der Waals surface area contributed by atoms with Crippen molar-refractivity contribution in [3.63, 3.8) is 0 Å². The molecule has 0 unspecified atom stereocenters. The number of anilines is 1. The Hall–Kier alpha value is -2.39. The van der Waals surface area contributed by atoms with Gasteiger partial charge in [0.25, 0.3) is 0 Å². The minimum absolute atomic E-state index is 0.149. The monoisotopic (exact) mass is 295 g/mol. The topological polar surface area (TPSA) is 38.3 Å². The van der Waals surface area contributed by atoms with E-state index in [1.807, 2.05) is 62.4 Å². The molecule has 3 nitrogen and oxygen atoms in total. The van der Waals surface area contributed by atoms with E-state index in [1.165, 1.54) is 5.56 Å². The number of rotatable bonds is 6. The fourth-order valence-corrected chi connectivity index (χ4v) is 2.00. The standard InChI is InChI=1S/C19H21NO2/c1-3-22-14-17-6-4-5-7-18(17)20-19(21)13-12-16-10-8-15(2)9-11-16/h4-13H,3,14H2,1-2H3,(H,20,21)/b13-12+. The summed E-state index contributed by atoms with van der Waals surface area (Å²) in [5, 5.41) is 2.90. The predicted molar refractivity (Wildman–Crippen MR) is 90.6 cm³/mol. The van der Waals surface area contributed by atoms with E-state index in [0.29, 0.717) is 13.2 Å². The highest BCUT2D eigenvalue weighted by Crippen LogP contribution is 2.16. The SMILES string of the molecule is CCOCc1ccccc1NC(=O)/C=C/c1ccc(C)cc1. The first-order chi connectivity index (χ1) is 10.7. The number of ether oxygens (including phenoxy) is 1. The van der Waals surface area contributed by atoms with Crippen LogP contribution in [0.3, 0.4) is 0 Å². The summed E-state index contributed by atoms with van der Waals surface area (Å²) in [6.45, 7) is 5.13. The van der Waals surface area contributed by atoms with Crippen molar-refractivity contribution < 1.29 is 9.53 Å². The van der Waals surface area contributed by atoms with Crippen LogP contribution in [0.15, 0.2) is 54.6 Å². The molecule has 0 atom stereocenters. The van der Waals surface area contributed by atoms with Gasteiger partial charge in [-0.25, -0.2) is 0 Å². The molecule has 2 aromatic rings. The van der Waals surface area contributed by atoms with Crippen LogP contribution >= 0.6 is 0 Å². The van der Waals surface area contributed by atoms with Gasteiger partial charge in [0.05, 0.1) is 6.61 Å². The molecule has 0 aliphatic carbocycles. The fraction of sp³-hybridized carbons (Fsp3) is 0.211. The largest absolute Gasteiger partial charge is 0.377 e. The average Bonchev–Trinajstić information content (AvgIpc) is 2.53. The van der Waals surface area contributed by atoms with Gasteiger partial charge in [-0.15, -0.1) is 0 Å². The molecule has 114 valence electrons. The molecule has 0 spiro atoms. The maximum Gasteiger partial charge on any atom is 0.248 e. The Morgan fingerprint density at radius 2 is 1.86 bits per heavy atom. The van der Waals surface area contributed by atoms with Crippen LogP contribution in [0, 0.1) is 6.92 Å². The molecule has 0 aliphatic rings. The molecule has 0 saturated carbocycles. The number of carbonyl (C=O) groups is 1. The summed E-state index contributed by atoms with van der Waals surface area (Å²) in [6, 6.07) is 15.7. The highest BCUT2D eigenvalue weighted by Gasteiger charge is 2.04. The van der Waals surface area contributed by atoms with Crippen LogP contribution in [0.1, 0.15) is 23.6 Å². The van der Waals surface area contributed by atoms with Crippen LogP contribution in [0.5, 0.6) is 0 Å². The van der Waals surface area contributed by atoms with Crippen molar-refractivity contribution in [1.29, 1.82) is 0 Å². The van der Waals surface area contributed by atoms with Crippen LogP contribution in [0.2, 0.25) is 0 Å². The Kier molecular flexibility index (Phi) is 5.92. The third kappa shape index (κ3) is 4.86. The zero-order valence-corrected chi connectivity index (χ0v) is 13.0. The number of nitrogens with one attached hydrogen (secondary N) is 1. The molecule has 0 heterocycles. The van der Waals surface area contributed by atoms with E-state index >= 15 is 0 Å². The molecule has 22 heavy (non-hydrogen) atoms. The third-order valence-corrected chi connectivity index (χ3v) is 3.24. The smallest absolute Gasteiger partial charge is 0.248 e. The normalized spacial score (nSPS) is 10.8. The number of carbonyl (C=O) groups excluding carboxylic acids is 1. The summed E-state index contributed by atoms with van der Waals surface area (Å²) < 4.78 is 5.41. The molecule has 0 fully saturated rings. The van der Waals surface area contributed by atoms with E-state index in [2.05, 4.69) is 5.32 Å². The Balaban J connectivity index is 2.01. The van der Waals surface area contributed by atoms with E-state index in [-0.39, 0.29) is 5.91 Å². The first-order valence-corrected chi connectivity index (χ1v) is 7.40. The molecule has 1 N–H and O–H groups in total. The lowest BCUT2D eigenvalue weighted by Gasteiger charge is -2.09. The second-order valence-electron chi connectivity index (χ2n) is 5.03. The molecule has 1 amide bonds. The molecule has 0 aromatic heterocycles. The Labute approximate surface area is 131 Å². The quantitative estimate of drug-likeness (QED) is 0.812. The van der Waals surface area contributed by atoms with Crippen molar-refractivity contribution in [2.75, 3.05) is 11.9 Å². The number of para-hydroxylation sites is 1. The van der Waals surface area contributed by atoms with E-state index in [0.717, 1.165) is 16.8 Å². The van der Waals surface area contributed by atoms with Gasteiger partial charge in [0.1, 0.15) is 0 Å². The number of aryl methyl sites for hydroxylation is 1. The zero-order chi connectivity index (χ0) is 15.8. The fourth-order valence-electron chi connectivity index (χ4n) is 2.00. The number of hydrogen-bond donors (Lipinski definition) is 1. The Morgan fingerprint density at radius 3 is 2.59 bits per heavy atom. The summed E-state index contributed by atoms with van der Waals surface area (Å²) in [5.41, 5.74) is 3.96. The van der Waals surface area contributed by atoms with Gasteiger partial charge in [-0.2, -0.15) is 0 Å². The summed E-state index contributed by atoms with van der Waals surface area (Å²) >= 11 is 0. The van der Waals surface area contributed by atoms with E-state index in [9.17, 15) is 4.79 Å². The number of hydrogen-bond acceptors (Lipinski definition) is 2. The summed E-state index contributed by atoms with van der Waals surface area (Å²) in [4.78, 5) is 12.0. The summed E-state index contributed by atoms with van der Waals surface area (Å²) in [6.07, 6.45) is 3.35. The molecule has 2 rings (SSSR count). The molecule has 0 bridgehead atoms. The Bertz CT molecular complexity index is 645. The molecule has 3 heteroatoms. The van der Waals surface area contributed by atoms with Gasteiger partial charge in [-0.3, -0.25) is 4.79 Å². The van der Waals surface area contributed by atoms with Crippen molar-refractivity contribution in [2.45, 2.75) is 20.5 Å². The summed E-state index contributed by atoms with van der Waals surface area (Å²) in [7, 11) is 0. The molecular formula is C19H21NO2. The van der Waals surface area contributed by atoms with Crippen LogP contribution in [0.25, 0.3) is 6.08 Å². The Morgan fingerprint density at radius 1 is 1.14 bits per heavy atom. The predicted octanol–water partition coefficient (Wildman–Crippen LogP) is 4.18. The van der Waals surface area contributed by atoms with Gasteiger partial charge in [-0.05, 0) is 31.6 Å². The summed E-state index contributed by atoms with van der Waals surface area (Å²) in [5.74, 6) is -0.149. The molecule has 0 saturated heterocycles. The minimum atomic E-state index is -0.149. The average molecular weight is 295 g/mol. The lowest BCUT2D eigenvalue weighted by Crippen LogP contribution is -2.10. The van der Waals surface area contributed by atoms with Crippen molar-refractivity contribution in [2.24, 2.45) is 0 Å². The van der Waals surface area contributed by atoms with E-state index in [4.69, 9.17) is 4.74 Å². The molecule has 0 radical (unpaired) electrons. The van der Waals surface area contributed by atoms with Gasteiger partial charge in [0, 0.05) is 23.9 Å². The van der Waals surface area contributed by atoms with Crippen LogP contribution < -0.4 is 5.32 Å². The molecule has 0 aliphatic heterocycles. The maximum absolute atomic E-state index is 12.0. The third-order valence-electron chi connectivity index (χ3n) is 3.24. The van der Waals surface area contributed by atoms with E-state index in [1.54, 1.807) is 12.2 Å². The highest BCUT2D eigenvalue weighted by molar-refractivity contribution is 6.02. The zero-order valence-electron chi connectivity index (χ0n) is 13.0. The van der Waals surface area contributed by atoms with Gasteiger partial charge in [0.15, 0.2) is 0 Å². The van der Waals surface area contributed by atoms with Crippen LogP contribution in [-0.2, 0) is 16.1 Å². The van der Waals surface area contributed by atoms with Crippen molar-refractivity contribution in [3.05, 3.63) is 71.3 Å². The lowest BCUT2D eigenvalue weighted by atomic mass is 10.1. The maximum atomic E-state index is 12.0. The second-order valence-corrected chi connectivity index (χ2v) is 5.03. The highest BCUT2D eigenvalue weighted by atomic mass is 16.5. The molecule has 2 aromatic carbocycles. The lowest BCUT2D eigenvalue weighted by molar-refractivity contribution is -0.111. The first kappa shape index (κ1) is 16.0. The van der Waals surface area contributed by atoms with Gasteiger partial charge in [0.2, 0.25) is 5.91 Å². The van der Waals surface area contributed by atoms with Crippen molar-refractivity contribution in [1.82, 2.24) is 0 Å². The minimum Gasteiger partial charge on any atom is -0.377 e. The van der Waals surface area contributed by atoms with Gasteiger partial charge < -0.3 is 10.1 Å². The number of benzene rings is 2. The van der Waals surface area contributed by atoms with Crippen molar-refractivity contribution in [3.8, 4) is 0 Å². The van der Waals surface area contributed by atoms with Crippen LogP contribution in [0.4, 0.5) is 5.69 Å². The first-order valence-electron chi connectivity index (χ1n) is 7.40. The van der Waals surface area contributed by atoms with Crippen molar-refractivity contribution >= 4 is 17.7 Å². The van der Waals surface area contributed by atoms with Gasteiger partial charge in [-0.1, -0.05) is 48.0 Å². The van der Waals surface area contributed by atoms with Crippen LogP contribution in [-0.4, -0.2) is 12.5 Å². The van der Waals surface area contributed by atoms with E-state index < -0.39 is 0 Å². The second kappa shape index (κ2) is 8.15.